The van der Waals surface area contributed by atoms with Gasteiger partial charge in [-0.2, -0.15) is 0 Å². The summed E-state index contributed by atoms with van der Waals surface area (Å²) in [6.45, 7) is 2.09. The third-order valence-corrected chi connectivity index (χ3v) is 4.66. The zero-order chi connectivity index (χ0) is 11.8. The molecule has 1 fully saturated rings. The molecule has 4 heteroatoms. The molecule has 3 nitrogen and oxygen atoms in total. The van der Waals surface area contributed by atoms with Gasteiger partial charge in [0.2, 0.25) is 0 Å². The molecule has 0 atom stereocenters. The fraction of sp³-hybridized carbons (Fsp3) is 0.385. The summed E-state index contributed by atoms with van der Waals surface area (Å²) in [4.78, 5) is 10.2. The van der Waals surface area contributed by atoms with Gasteiger partial charge in [-0.15, -0.1) is 11.3 Å². The summed E-state index contributed by atoms with van der Waals surface area (Å²) in [6.07, 6.45) is 5.87. The standard InChI is InChI=1S/C13H15N3S/c1-8-12(10-5-11(14)6-10)17-13(16-8)9-3-2-4-15-7-9/h2-4,7,10-11H,5-6,14H2,1H3. The molecule has 1 aliphatic rings. The third-order valence-electron chi connectivity index (χ3n) is 3.29. The molecular weight excluding hydrogens is 230 g/mol. The highest BCUT2D eigenvalue weighted by Crippen LogP contribution is 2.42. The lowest BCUT2D eigenvalue weighted by Gasteiger charge is -2.31. The van der Waals surface area contributed by atoms with E-state index in [1.165, 1.54) is 4.88 Å². The number of hydrogen-bond donors (Lipinski definition) is 1. The second-order valence-corrected chi connectivity index (χ2v) is 5.67. The smallest absolute Gasteiger partial charge is 0.125 e. The predicted molar refractivity (Wildman–Crippen MR) is 70.0 cm³/mol. The van der Waals surface area contributed by atoms with Crippen molar-refractivity contribution in [1.29, 1.82) is 0 Å². The Morgan fingerprint density at radius 3 is 2.88 bits per heavy atom. The second kappa shape index (κ2) is 4.20. The van der Waals surface area contributed by atoms with Crippen molar-refractivity contribution in [2.75, 3.05) is 0 Å². The number of aromatic nitrogens is 2. The van der Waals surface area contributed by atoms with Gasteiger partial charge in [-0.3, -0.25) is 4.98 Å². The van der Waals surface area contributed by atoms with Crippen molar-refractivity contribution in [3.8, 4) is 10.6 Å². The summed E-state index contributed by atoms with van der Waals surface area (Å²) in [5.74, 6) is 0.632. The lowest BCUT2D eigenvalue weighted by atomic mass is 9.79. The molecule has 1 saturated carbocycles. The van der Waals surface area contributed by atoms with E-state index < -0.39 is 0 Å². The Bertz CT molecular complexity index is 515. The Morgan fingerprint density at radius 2 is 2.24 bits per heavy atom. The molecule has 17 heavy (non-hydrogen) atoms. The summed E-state index contributed by atoms with van der Waals surface area (Å²) in [6, 6.07) is 4.40. The summed E-state index contributed by atoms with van der Waals surface area (Å²) < 4.78 is 0. The van der Waals surface area contributed by atoms with Crippen molar-refractivity contribution in [2.45, 2.75) is 31.7 Å². The molecular formula is C13H15N3S. The van der Waals surface area contributed by atoms with Gasteiger partial charge in [-0.05, 0) is 37.8 Å². The van der Waals surface area contributed by atoms with E-state index in [4.69, 9.17) is 5.73 Å². The van der Waals surface area contributed by atoms with E-state index >= 15 is 0 Å². The fourth-order valence-corrected chi connectivity index (χ4v) is 3.46. The van der Waals surface area contributed by atoms with E-state index in [2.05, 4.69) is 23.0 Å². The number of nitrogens with two attached hydrogens (primary N) is 1. The maximum Gasteiger partial charge on any atom is 0.125 e. The monoisotopic (exact) mass is 245 g/mol. The molecule has 88 valence electrons. The van der Waals surface area contributed by atoms with E-state index in [1.807, 2.05) is 12.3 Å². The molecule has 0 unspecified atom stereocenters. The minimum absolute atomic E-state index is 0.392. The van der Waals surface area contributed by atoms with Gasteiger partial charge in [0.05, 0.1) is 5.69 Å². The van der Waals surface area contributed by atoms with Crippen molar-refractivity contribution in [1.82, 2.24) is 9.97 Å². The van der Waals surface area contributed by atoms with Crippen LogP contribution in [-0.4, -0.2) is 16.0 Å². The van der Waals surface area contributed by atoms with Gasteiger partial charge < -0.3 is 5.73 Å². The Hall–Kier alpha value is -1.26. The van der Waals surface area contributed by atoms with Crippen molar-refractivity contribution in [3.05, 3.63) is 35.1 Å². The Morgan fingerprint density at radius 1 is 1.41 bits per heavy atom. The fourth-order valence-electron chi connectivity index (χ4n) is 2.28. The predicted octanol–water partition coefficient (Wildman–Crippen LogP) is 2.72. The van der Waals surface area contributed by atoms with Crippen molar-refractivity contribution >= 4 is 11.3 Å². The number of aryl methyl sites for hydroxylation is 1. The SMILES string of the molecule is Cc1nc(-c2cccnc2)sc1C1CC(N)C1. The number of nitrogens with zero attached hydrogens (tertiary/aromatic N) is 2. The topological polar surface area (TPSA) is 51.8 Å². The highest BCUT2D eigenvalue weighted by molar-refractivity contribution is 7.15. The number of thiazole rings is 1. The van der Waals surface area contributed by atoms with Gasteiger partial charge in [0.25, 0.3) is 0 Å². The lowest BCUT2D eigenvalue weighted by Crippen LogP contribution is -2.34. The summed E-state index contributed by atoms with van der Waals surface area (Å²) in [5.41, 5.74) is 8.11. The first-order chi connectivity index (χ1) is 8.24. The van der Waals surface area contributed by atoms with Crippen LogP contribution >= 0.6 is 11.3 Å². The zero-order valence-electron chi connectivity index (χ0n) is 9.76. The summed E-state index contributed by atoms with van der Waals surface area (Å²) in [5, 5.41) is 1.08. The molecule has 0 aliphatic heterocycles. The Balaban J connectivity index is 1.91. The van der Waals surface area contributed by atoms with Crippen LogP contribution in [0.15, 0.2) is 24.5 Å². The molecule has 0 spiro atoms. The minimum Gasteiger partial charge on any atom is -0.328 e. The van der Waals surface area contributed by atoms with Gasteiger partial charge in [0.1, 0.15) is 5.01 Å². The van der Waals surface area contributed by atoms with Crippen LogP contribution in [0.5, 0.6) is 0 Å². The minimum atomic E-state index is 0.392. The van der Waals surface area contributed by atoms with E-state index in [0.29, 0.717) is 12.0 Å². The average Bonchev–Trinajstić information content (AvgIpc) is 2.68. The molecule has 0 saturated heterocycles. The molecule has 3 rings (SSSR count). The molecule has 0 radical (unpaired) electrons. The van der Waals surface area contributed by atoms with Crippen LogP contribution in [0.25, 0.3) is 10.6 Å². The van der Waals surface area contributed by atoms with Crippen LogP contribution < -0.4 is 5.73 Å². The first-order valence-electron chi connectivity index (χ1n) is 5.87. The third kappa shape index (κ3) is 1.98. The number of hydrogen-bond acceptors (Lipinski definition) is 4. The van der Waals surface area contributed by atoms with Crippen LogP contribution in [0.2, 0.25) is 0 Å². The van der Waals surface area contributed by atoms with Crippen molar-refractivity contribution in [2.24, 2.45) is 5.73 Å². The largest absolute Gasteiger partial charge is 0.328 e. The number of pyridine rings is 1. The summed E-state index contributed by atoms with van der Waals surface area (Å²) in [7, 11) is 0. The first kappa shape index (κ1) is 10.9. The highest BCUT2D eigenvalue weighted by atomic mass is 32.1. The van der Waals surface area contributed by atoms with E-state index in [9.17, 15) is 0 Å². The molecule has 0 bridgehead atoms. The van der Waals surface area contributed by atoms with Crippen LogP contribution in [-0.2, 0) is 0 Å². The Kier molecular flexibility index (Phi) is 2.68. The van der Waals surface area contributed by atoms with Gasteiger partial charge in [-0.1, -0.05) is 0 Å². The molecule has 1 aliphatic carbocycles. The van der Waals surface area contributed by atoms with Crippen LogP contribution in [0.4, 0.5) is 0 Å². The van der Waals surface area contributed by atoms with Gasteiger partial charge >= 0.3 is 0 Å². The van der Waals surface area contributed by atoms with Gasteiger partial charge in [0, 0.05) is 28.9 Å². The van der Waals surface area contributed by atoms with E-state index in [-0.39, 0.29) is 0 Å². The number of rotatable bonds is 2. The van der Waals surface area contributed by atoms with Crippen molar-refractivity contribution < 1.29 is 0 Å². The van der Waals surface area contributed by atoms with Crippen LogP contribution in [0.1, 0.15) is 29.3 Å². The van der Waals surface area contributed by atoms with Gasteiger partial charge in [-0.25, -0.2) is 4.98 Å². The summed E-state index contributed by atoms with van der Waals surface area (Å²) >= 11 is 1.79. The maximum absolute atomic E-state index is 5.85. The molecule has 2 N–H and O–H groups in total. The molecule has 2 aromatic heterocycles. The van der Waals surface area contributed by atoms with Crippen molar-refractivity contribution in [3.63, 3.8) is 0 Å². The van der Waals surface area contributed by atoms with Crippen LogP contribution in [0.3, 0.4) is 0 Å². The Labute approximate surface area is 105 Å². The van der Waals surface area contributed by atoms with E-state index in [1.54, 1.807) is 17.5 Å². The molecule has 2 heterocycles. The zero-order valence-corrected chi connectivity index (χ0v) is 10.6. The maximum atomic E-state index is 5.85. The lowest BCUT2D eigenvalue weighted by molar-refractivity contribution is 0.354. The van der Waals surface area contributed by atoms with Gasteiger partial charge in [0.15, 0.2) is 0 Å². The second-order valence-electron chi connectivity index (χ2n) is 4.64. The van der Waals surface area contributed by atoms with Crippen LogP contribution in [0, 0.1) is 6.92 Å². The van der Waals surface area contributed by atoms with E-state index in [0.717, 1.165) is 29.1 Å². The first-order valence-corrected chi connectivity index (χ1v) is 6.69. The molecule has 0 aromatic carbocycles. The molecule has 2 aromatic rings. The molecule has 0 amide bonds. The average molecular weight is 245 g/mol. The quantitative estimate of drug-likeness (QED) is 0.885. The highest BCUT2D eigenvalue weighted by Gasteiger charge is 2.30. The normalized spacial score (nSPS) is 23.4.